The van der Waals surface area contributed by atoms with Gasteiger partial charge in [0.05, 0.1) is 6.04 Å². The Kier molecular flexibility index (Phi) is 5.13. The first-order valence-corrected chi connectivity index (χ1v) is 7.93. The molecule has 2 unspecified atom stereocenters. The van der Waals surface area contributed by atoms with Crippen molar-refractivity contribution in [2.24, 2.45) is 5.73 Å². The van der Waals surface area contributed by atoms with E-state index in [0.717, 1.165) is 24.2 Å². The summed E-state index contributed by atoms with van der Waals surface area (Å²) in [5.74, 6) is 1.04. The molecule has 1 amide bonds. The minimum absolute atomic E-state index is 0.0252. The summed E-state index contributed by atoms with van der Waals surface area (Å²) in [5, 5.41) is 3.79. The highest BCUT2D eigenvalue weighted by Crippen LogP contribution is 2.37. The molecule has 0 aliphatic carbocycles. The number of hydrogen-bond donors (Lipinski definition) is 2. The van der Waals surface area contributed by atoms with Crippen molar-refractivity contribution in [2.75, 3.05) is 5.75 Å². The minimum Gasteiger partial charge on any atom is -0.349 e. The number of nitrogens with two attached hydrogens (primary N) is 1. The molecule has 0 saturated carbocycles. The third-order valence-corrected chi connectivity index (χ3v) is 4.68. The van der Waals surface area contributed by atoms with Crippen molar-refractivity contribution in [2.45, 2.75) is 43.2 Å². The molecule has 1 aliphatic heterocycles. The van der Waals surface area contributed by atoms with Crippen molar-refractivity contribution in [3.8, 4) is 0 Å². The molecule has 0 saturated heterocycles. The van der Waals surface area contributed by atoms with Crippen LogP contribution in [0.25, 0.3) is 0 Å². The molecule has 19 heavy (non-hydrogen) atoms. The van der Waals surface area contributed by atoms with Gasteiger partial charge in [0.25, 0.3) is 0 Å². The number of fused-ring (bicyclic) bond motifs is 1. The zero-order valence-corrected chi connectivity index (χ0v) is 12.6. The molecule has 2 rings (SSSR count). The summed E-state index contributed by atoms with van der Waals surface area (Å²) >= 11 is 7.86. The molecule has 0 bridgehead atoms. The first kappa shape index (κ1) is 14.7. The first-order chi connectivity index (χ1) is 9.10. The molecule has 1 heterocycles. The van der Waals surface area contributed by atoms with Gasteiger partial charge < -0.3 is 11.1 Å². The number of carbonyl (C=O) groups excluding carboxylic acids is 1. The van der Waals surface area contributed by atoms with Crippen LogP contribution >= 0.6 is 23.4 Å². The Labute approximate surface area is 123 Å². The van der Waals surface area contributed by atoms with E-state index in [4.69, 9.17) is 17.3 Å². The number of thioether (sulfide) groups is 1. The lowest BCUT2D eigenvalue weighted by Crippen LogP contribution is -2.35. The first-order valence-electron chi connectivity index (χ1n) is 6.57. The third kappa shape index (κ3) is 3.88. The number of hydrogen-bond acceptors (Lipinski definition) is 3. The number of rotatable bonds is 4. The van der Waals surface area contributed by atoms with Gasteiger partial charge in [-0.05, 0) is 36.6 Å². The fourth-order valence-electron chi connectivity index (χ4n) is 2.15. The van der Waals surface area contributed by atoms with Gasteiger partial charge in [-0.1, -0.05) is 18.5 Å². The van der Waals surface area contributed by atoms with Crippen LogP contribution in [0.1, 0.15) is 37.8 Å². The summed E-state index contributed by atoms with van der Waals surface area (Å²) in [4.78, 5) is 13.2. The number of nitrogens with one attached hydrogen (secondary N) is 1. The van der Waals surface area contributed by atoms with Crippen LogP contribution in [0, 0.1) is 0 Å². The van der Waals surface area contributed by atoms with Crippen molar-refractivity contribution < 1.29 is 4.79 Å². The zero-order valence-electron chi connectivity index (χ0n) is 11.0. The van der Waals surface area contributed by atoms with Gasteiger partial charge in [0, 0.05) is 28.1 Å². The Morgan fingerprint density at radius 3 is 3.16 bits per heavy atom. The smallest absolute Gasteiger partial charge is 0.222 e. The standard InChI is InChI=1S/C14H19ClN2OS/c1-2-10(16)8-14(18)17-12-5-6-19-13-4-3-9(15)7-11(12)13/h3-4,7,10,12H,2,5-6,8,16H2,1H3,(H,17,18). The molecule has 1 aliphatic rings. The number of benzene rings is 1. The summed E-state index contributed by atoms with van der Waals surface area (Å²) in [6, 6.07) is 5.87. The predicted octanol–water partition coefficient (Wildman–Crippen LogP) is 3.12. The van der Waals surface area contributed by atoms with Gasteiger partial charge in [0.15, 0.2) is 0 Å². The normalized spacial score (nSPS) is 19.6. The van der Waals surface area contributed by atoms with E-state index in [1.54, 1.807) is 0 Å². The Morgan fingerprint density at radius 1 is 1.63 bits per heavy atom. The monoisotopic (exact) mass is 298 g/mol. The minimum atomic E-state index is -0.0585. The second kappa shape index (κ2) is 6.64. The van der Waals surface area contributed by atoms with Crippen LogP contribution in [0.5, 0.6) is 0 Å². The maximum absolute atomic E-state index is 11.9. The highest BCUT2D eigenvalue weighted by atomic mass is 35.5. The molecular formula is C14H19ClN2OS. The fraction of sp³-hybridized carbons (Fsp3) is 0.500. The number of amides is 1. The van der Waals surface area contributed by atoms with E-state index < -0.39 is 0 Å². The molecule has 0 spiro atoms. The molecule has 3 nitrogen and oxygen atoms in total. The van der Waals surface area contributed by atoms with Gasteiger partial charge >= 0.3 is 0 Å². The predicted molar refractivity (Wildman–Crippen MR) is 80.6 cm³/mol. The number of carbonyl (C=O) groups is 1. The Morgan fingerprint density at radius 2 is 2.42 bits per heavy atom. The van der Waals surface area contributed by atoms with Crippen LogP contribution in [-0.2, 0) is 4.79 Å². The van der Waals surface area contributed by atoms with E-state index >= 15 is 0 Å². The molecule has 1 aromatic rings. The van der Waals surface area contributed by atoms with Crippen LogP contribution < -0.4 is 11.1 Å². The summed E-state index contributed by atoms with van der Waals surface area (Å²) < 4.78 is 0. The topological polar surface area (TPSA) is 55.1 Å². The quantitative estimate of drug-likeness (QED) is 0.898. The molecule has 2 atom stereocenters. The van der Waals surface area contributed by atoms with Crippen LogP contribution in [0.2, 0.25) is 5.02 Å². The lowest BCUT2D eigenvalue weighted by atomic mass is 10.0. The third-order valence-electron chi connectivity index (χ3n) is 3.32. The molecule has 0 aromatic heterocycles. The van der Waals surface area contributed by atoms with Crippen LogP contribution in [0.15, 0.2) is 23.1 Å². The van der Waals surface area contributed by atoms with Gasteiger partial charge in [0.2, 0.25) is 5.91 Å². The van der Waals surface area contributed by atoms with Gasteiger partial charge in [-0.3, -0.25) is 4.79 Å². The highest BCUT2D eigenvalue weighted by Gasteiger charge is 2.23. The van der Waals surface area contributed by atoms with E-state index in [-0.39, 0.29) is 18.0 Å². The van der Waals surface area contributed by atoms with Gasteiger partial charge in [0.1, 0.15) is 0 Å². The maximum Gasteiger partial charge on any atom is 0.222 e. The van der Waals surface area contributed by atoms with Crippen LogP contribution in [0.4, 0.5) is 0 Å². The second-order valence-corrected chi connectivity index (χ2v) is 6.39. The van der Waals surface area contributed by atoms with E-state index in [9.17, 15) is 4.79 Å². The SMILES string of the molecule is CCC(N)CC(=O)NC1CCSc2ccc(Cl)cc21. The van der Waals surface area contributed by atoms with Gasteiger partial charge in [-0.25, -0.2) is 0 Å². The van der Waals surface area contributed by atoms with E-state index in [1.807, 2.05) is 36.9 Å². The lowest BCUT2D eigenvalue weighted by molar-refractivity contribution is -0.122. The summed E-state index contributed by atoms with van der Waals surface area (Å²) in [7, 11) is 0. The van der Waals surface area contributed by atoms with E-state index in [2.05, 4.69) is 5.32 Å². The molecule has 0 fully saturated rings. The molecule has 104 valence electrons. The molecule has 1 aromatic carbocycles. The Hall–Kier alpha value is -0.710. The zero-order chi connectivity index (χ0) is 13.8. The molecular weight excluding hydrogens is 280 g/mol. The molecule has 3 N–H and O–H groups in total. The second-order valence-electron chi connectivity index (χ2n) is 4.81. The van der Waals surface area contributed by atoms with Crippen LogP contribution in [-0.4, -0.2) is 17.7 Å². The average molecular weight is 299 g/mol. The molecule has 5 heteroatoms. The fourth-order valence-corrected chi connectivity index (χ4v) is 3.44. The van der Waals surface area contributed by atoms with Crippen molar-refractivity contribution in [1.82, 2.24) is 5.32 Å². The van der Waals surface area contributed by atoms with Crippen molar-refractivity contribution in [3.05, 3.63) is 28.8 Å². The summed E-state index contributed by atoms with van der Waals surface area (Å²) in [5.41, 5.74) is 6.94. The van der Waals surface area contributed by atoms with Crippen molar-refractivity contribution in [3.63, 3.8) is 0 Å². The van der Waals surface area contributed by atoms with E-state index in [0.29, 0.717) is 11.4 Å². The summed E-state index contributed by atoms with van der Waals surface area (Å²) in [6.45, 7) is 1.99. The lowest BCUT2D eigenvalue weighted by Gasteiger charge is -2.26. The highest BCUT2D eigenvalue weighted by molar-refractivity contribution is 7.99. The van der Waals surface area contributed by atoms with Gasteiger partial charge in [-0.15, -0.1) is 11.8 Å². The largest absolute Gasteiger partial charge is 0.349 e. The molecule has 0 radical (unpaired) electrons. The van der Waals surface area contributed by atoms with E-state index in [1.165, 1.54) is 4.90 Å². The Bertz CT molecular complexity index is 467. The van der Waals surface area contributed by atoms with Crippen LogP contribution in [0.3, 0.4) is 0 Å². The van der Waals surface area contributed by atoms with Crippen molar-refractivity contribution in [1.29, 1.82) is 0 Å². The van der Waals surface area contributed by atoms with Crippen molar-refractivity contribution >= 4 is 29.3 Å². The maximum atomic E-state index is 11.9. The number of halogens is 1. The van der Waals surface area contributed by atoms with Gasteiger partial charge in [-0.2, -0.15) is 0 Å². The average Bonchev–Trinajstić information content (AvgIpc) is 2.39. The summed E-state index contributed by atoms with van der Waals surface area (Å²) in [6.07, 6.45) is 2.14. The Balaban J connectivity index is 2.07.